The molecule has 1 heterocycles. The highest BCUT2D eigenvalue weighted by Gasteiger charge is 2.11. The van der Waals surface area contributed by atoms with Crippen molar-refractivity contribution in [2.45, 2.75) is 6.10 Å². The molecule has 3 N–H and O–H groups in total. The van der Waals surface area contributed by atoms with Crippen LogP contribution in [0.5, 0.6) is 0 Å². The minimum Gasteiger partial charge on any atom is -0.385 e. The Kier molecular flexibility index (Phi) is 3.70. The fourth-order valence-electron chi connectivity index (χ4n) is 1.29. The number of rotatable bonds is 3. The van der Waals surface area contributed by atoms with E-state index in [9.17, 15) is 5.11 Å². The van der Waals surface area contributed by atoms with E-state index in [1.807, 2.05) is 29.6 Å². The second-order valence-corrected chi connectivity index (χ2v) is 5.13. The Morgan fingerprint density at radius 3 is 2.69 bits per heavy atom. The zero-order valence-corrected chi connectivity index (χ0v) is 10.8. The maximum atomic E-state index is 9.55. The molecule has 0 saturated carbocycles. The van der Waals surface area contributed by atoms with Crippen molar-refractivity contribution in [2.24, 2.45) is 5.73 Å². The molecule has 3 nitrogen and oxygen atoms in total. The molecule has 0 aliphatic rings. The first-order valence-corrected chi connectivity index (χ1v) is 6.47. The van der Waals surface area contributed by atoms with Gasteiger partial charge in [0.25, 0.3) is 0 Å². The second-order valence-electron chi connectivity index (χ2n) is 3.33. The Balaban J connectivity index is 2.28. The molecule has 0 radical (unpaired) electrons. The zero-order chi connectivity index (χ0) is 11.5. The normalized spacial score (nSPS) is 12.7. The average Bonchev–Trinajstić information content (AvgIpc) is 2.78. The lowest BCUT2D eigenvalue weighted by atomic mass is 10.2. The first-order valence-electron chi connectivity index (χ1n) is 4.80. The molecule has 16 heavy (non-hydrogen) atoms. The van der Waals surface area contributed by atoms with Gasteiger partial charge in [-0.25, -0.2) is 4.98 Å². The summed E-state index contributed by atoms with van der Waals surface area (Å²) >= 11 is 4.81. The van der Waals surface area contributed by atoms with E-state index in [0.717, 1.165) is 15.7 Å². The molecule has 1 atom stereocenters. The molecule has 5 heteroatoms. The van der Waals surface area contributed by atoms with E-state index in [-0.39, 0.29) is 6.54 Å². The molecule has 1 aromatic heterocycles. The number of nitrogens with zero attached hydrogens (tertiary/aromatic N) is 1. The van der Waals surface area contributed by atoms with Gasteiger partial charge in [-0.05, 0) is 12.1 Å². The van der Waals surface area contributed by atoms with Gasteiger partial charge in [0, 0.05) is 22.0 Å². The monoisotopic (exact) mass is 298 g/mol. The van der Waals surface area contributed by atoms with Crippen LogP contribution in [0.1, 0.15) is 11.1 Å². The summed E-state index contributed by atoms with van der Waals surface area (Å²) in [5.74, 6) is 0. The van der Waals surface area contributed by atoms with Crippen molar-refractivity contribution in [3.63, 3.8) is 0 Å². The first kappa shape index (κ1) is 11.7. The van der Waals surface area contributed by atoms with Crippen molar-refractivity contribution in [3.05, 3.63) is 39.1 Å². The van der Waals surface area contributed by atoms with Crippen LogP contribution >= 0.6 is 27.3 Å². The molecule has 0 fully saturated rings. The van der Waals surface area contributed by atoms with Gasteiger partial charge < -0.3 is 10.8 Å². The smallest absolute Gasteiger partial charge is 0.123 e. The maximum Gasteiger partial charge on any atom is 0.123 e. The second kappa shape index (κ2) is 5.05. The van der Waals surface area contributed by atoms with Crippen LogP contribution in [0.15, 0.2) is 34.1 Å². The van der Waals surface area contributed by atoms with Crippen LogP contribution in [0.2, 0.25) is 0 Å². The summed E-state index contributed by atoms with van der Waals surface area (Å²) in [4.78, 5) is 4.35. The lowest BCUT2D eigenvalue weighted by Gasteiger charge is -2.01. The first-order chi connectivity index (χ1) is 7.70. The van der Waals surface area contributed by atoms with Gasteiger partial charge in [0.2, 0.25) is 0 Å². The molecule has 1 unspecified atom stereocenters. The number of thiazole rings is 1. The third-order valence-electron chi connectivity index (χ3n) is 2.17. The van der Waals surface area contributed by atoms with Gasteiger partial charge in [0.15, 0.2) is 0 Å². The van der Waals surface area contributed by atoms with Gasteiger partial charge in [-0.2, -0.15) is 0 Å². The highest BCUT2D eigenvalue weighted by atomic mass is 79.9. The molecule has 2 aromatic rings. The number of hydrogen-bond acceptors (Lipinski definition) is 4. The number of aliphatic hydroxyl groups excluding tert-OH is 1. The highest BCUT2D eigenvalue weighted by molar-refractivity contribution is 9.10. The fraction of sp³-hybridized carbons (Fsp3) is 0.182. The number of halogens is 1. The molecule has 0 aliphatic carbocycles. The minimum atomic E-state index is -0.658. The Morgan fingerprint density at radius 1 is 1.38 bits per heavy atom. The zero-order valence-electron chi connectivity index (χ0n) is 8.43. The largest absolute Gasteiger partial charge is 0.385 e. The van der Waals surface area contributed by atoms with E-state index < -0.39 is 6.10 Å². The fourth-order valence-corrected chi connectivity index (χ4v) is 2.38. The van der Waals surface area contributed by atoms with Crippen LogP contribution in [0.25, 0.3) is 11.3 Å². The van der Waals surface area contributed by atoms with Gasteiger partial charge >= 0.3 is 0 Å². The van der Waals surface area contributed by atoms with Crippen LogP contribution < -0.4 is 5.73 Å². The quantitative estimate of drug-likeness (QED) is 0.915. The summed E-state index contributed by atoms with van der Waals surface area (Å²) in [6.07, 6.45) is -0.658. The lowest BCUT2D eigenvalue weighted by molar-refractivity contribution is 0.186. The molecule has 1 aromatic carbocycles. The summed E-state index contributed by atoms with van der Waals surface area (Å²) < 4.78 is 1.04. The summed E-state index contributed by atoms with van der Waals surface area (Å²) in [5.41, 5.74) is 7.29. The van der Waals surface area contributed by atoms with Crippen LogP contribution in [-0.4, -0.2) is 16.6 Å². The Morgan fingerprint density at radius 2 is 2.06 bits per heavy atom. The number of aromatic nitrogens is 1. The van der Waals surface area contributed by atoms with E-state index >= 15 is 0 Å². The number of benzene rings is 1. The van der Waals surface area contributed by atoms with E-state index in [2.05, 4.69) is 20.9 Å². The van der Waals surface area contributed by atoms with E-state index in [0.29, 0.717) is 5.01 Å². The Bertz CT molecular complexity index is 469. The summed E-state index contributed by atoms with van der Waals surface area (Å²) in [5, 5.41) is 12.1. The maximum absolute atomic E-state index is 9.55. The van der Waals surface area contributed by atoms with Crippen molar-refractivity contribution >= 4 is 27.3 Å². The standard InChI is InChI=1S/C11H11BrN2OS/c12-8-3-1-7(2-4-8)9-6-16-11(14-9)10(15)5-13/h1-4,6,10,15H,5,13H2. The van der Waals surface area contributed by atoms with Crippen molar-refractivity contribution in [1.29, 1.82) is 0 Å². The molecular weight excluding hydrogens is 288 g/mol. The van der Waals surface area contributed by atoms with E-state index in [4.69, 9.17) is 5.73 Å². The van der Waals surface area contributed by atoms with Gasteiger partial charge in [-0.3, -0.25) is 0 Å². The molecular formula is C11H11BrN2OS. The molecule has 84 valence electrons. The lowest BCUT2D eigenvalue weighted by Crippen LogP contribution is -2.10. The van der Waals surface area contributed by atoms with Crippen molar-refractivity contribution in [3.8, 4) is 11.3 Å². The minimum absolute atomic E-state index is 0.202. The number of hydrogen-bond donors (Lipinski definition) is 2. The summed E-state index contributed by atoms with van der Waals surface area (Å²) in [7, 11) is 0. The predicted octanol–water partition coefficient (Wildman–Crippen LogP) is 2.56. The SMILES string of the molecule is NCC(O)c1nc(-c2ccc(Br)cc2)cs1. The van der Waals surface area contributed by atoms with Gasteiger partial charge in [-0.15, -0.1) is 11.3 Å². The molecule has 0 aliphatic heterocycles. The van der Waals surface area contributed by atoms with Gasteiger partial charge in [0.1, 0.15) is 11.1 Å². The van der Waals surface area contributed by atoms with Crippen LogP contribution in [0.3, 0.4) is 0 Å². The Hall–Kier alpha value is -0.750. The van der Waals surface area contributed by atoms with Gasteiger partial charge in [-0.1, -0.05) is 28.1 Å². The van der Waals surface area contributed by atoms with Crippen molar-refractivity contribution in [2.75, 3.05) is 6.54 Å². The predicted molar refractivity (Wildman–Crippen MR) is 69.3 cm³/mol. The number of aliphatic hydroxyl groups is 1. The van der Waals surface area contributed by atoms with Crippen molar-refractivity contribution in [1.82, 2.24) is 4.98 Å². The molecule has 2 rings (SSSR count). The third-order valence-corrected chi connectivity index (χ3v) is 3.64. The van der Waals surface area contributed by atoms with E-state index in [1.165, 1.54) is 11.3 Å². The molecule has 0 saturated heterocycles. The summed E-state index contributed by atoms with van der Waals surface area (Å²) in [6.45, 7) is 0.202. The molecule has 0 spiro atoms. The van der Waals surface area contributed by atoms with Crippen LogP contribution in [-0.2, 0) is 0 Å². The molecule has 0 bridgehead atoms. The van der Waals surface area contributed by atoms with Crippen molar-refractivity contribution < 1.29 is 5.11 Å². The Labute approximate surface area is 106 Å². The topological polar surface area (TPSA) is 59.1 Å². The molecule has 0 amide bonds. The third kappa shape index (κ3) is 2.49. The van der Waals surface area contributed by atoms with E-state index in [1.54, 1.807) is 0 Å². The summed E-state index contributed by atoms with van der Waals surface area (Å²) in [6, 6.07) is 7.90. The van der Waals surface area contributed by atoms with Crippen LogP contribution in [0, 0.1) is 0 Å². The van der Waals surface area contributed by atoms with Crippen LogP contribution in [0.4, 0.5) is 0 Å². The average molecular weight is 299 g/mol. The van der Waals surface area contributed by atoms with Gasteiger partial charge in [0.05, 0.1) is 5.69 Å². The highest BCUT2D eigenvalue weighted by Crippen LogP contribution is 2.26. The number of nitrogens with two attached hydrogens (primary N) is 1.